The van der Waals surface area contributed by atoms with E-state index in [1.54, 1.807) is 17.0 Å². The van der Waals surface area contributed by atoms with Crippen molar-refractivity contribution in [2.75, 3.05) is 13.1 Å². The summed E-state index contributed by atoms with van der Waals surface area (Å²) in [4.78, 5) is 18.8. The molecular formula is C22H27FN2O2. The first-order valence-corrected chi connectivity index (χ1v) is 9.46. The normalized spacial score (nSPS) is 17.8. The fourth-order valence-electron chi connectivity index (χ4n) is 3.73. The van der Waals surface area contributed by atoms with Gasteiger partial charge < -0.3 is 10.0 Å². The van der Waals surface area contributed by atoms with Crippen LogP contribution in [0.1, 0.15) is 55.1 Å². The van der Waals surface area contributed by atoms with Gasteiger partial charge in [0.2, 0.25) is 0 Å². The SMILES string of the molecule is Cc1cc(Cc2ccccc2F)cc(C2CCCN(C(=O)C(C)(C)O)C2)n1. The molecule has 0 radical (unpaired) electrons. The van der Waals surface area contributed by atoms with E-state index in [4.69, 9.17) is 0 Å². The molecular weight excluding hydrogens is 343 g/mol. The fourth-order valence-corrected chi connectivity index (χ4v) is 3.73. The molecule has 0 bridgehead atoms. The Morgan fingerprint density at radius 3 is 2.78 bits per heavy atom. The van der Waals surface area contributed by atoms with Gasteiger partial charge in [-0.05, 0) is 62.9 Å². The minimum absolute atomic E-state index is 0.129. The van der Waals surface area contributed by atoms with Crippen LogP contribution in [0.5, 0.6) is 0 Å². The van der Waals surface area contributed by atoms with E-state index in [1.807, 2.05) is 25.1 Å². The predicted molar refractivity (Wildman–Crippen MR) is 103 cm³/mol. The number of likely N-dealkylation sites (tertiary alicyclic amines) is 1. The van der Waals surface area contributed by atoms with Gasteiger partial charge in [-0.15, -0.1) is 0 Å². The number of pyridine rings is 1. The molecule has 0 saturated carbocycles. The number of halogens is 1. The Hall–Kier alpha value is -2.27. The molecule has 2 aromatic rings. The summed E-state index contributed by atoms with van der Waals surface area (Å²) in [7, 11) is 0. The van der Waals surface area contributed by atoms with Gasteiger partial charge in [-0.3, -0.25) is 9.78 Å². The molecule has 0 aliphatic carbocycles. The first-order valence-electron chi connectivity index (χ1n) is 9.46. The minimum atomic E-state index is -1.36. The van der Waals surface area contributed by atoms with E-state index in [-0.39, 0.29) is 17.6 Å². The molecule has 0 spiro atoms. The number of aliphatic hydroxyl groups is 1. The van der Waals surface area contributed by atoms with Crippen molar-refractivity contribution in [2.45, 2.75) is 51.6 Å². The summed E-state index contributed by atoms with van der Waals surface area (Å²) in [5.74, 6) is -0.316. The number of hydrogen-bond donors (Lipinski definition) is 1. The second kappa shape index (κ2) is 7.77. The molecule has 144 valence electrons. The third-order valence-electron chi connectivity index (χ3n) is 5.04. The summed E-state index contributed by atoms with van der Waals surface area (Å²) in [6.07, 6.45) is 2.35. The molecule has 1 aromatic carbocycles. The Kier molecular flexibility index (Phi) is 5.61. The molecule has 1 amide bonds. The second-order valence-electron chi connectivity index (χ2n) is 7.96. The summed E-state index contributed by atoms with van der Waals surface area (Å²) in [5.41, 5.74) is 2.15. The molecule has 1 aliphatic rings. The second-order valence-corrected chi connectivity index (χ2v) is 7.96. The Bertz CT molecular complexity index is 829. The maximum Gasteiger partial charge on any atom is 0.253 e. The van der Waals surface area contributed by atoms with E-state index in [2.05, 4.69) is 4.98 Å². The minimum Gasteiger partial charge on any atom is -0.381 e. The Labute approximate surface area is 160 Å². The molecule has 4 nitrogen and oxygen atoms in total. The number of carbonyl (C=O) groups is 1. The zero-order valence-electron chi connectivity index (χ0n) is 16.2. The zero-order chi connectivity index (χ0) is 19.6. The van der Waals surface area contributed by atoms with E-state index in [9.17, 15) is 14.3 Å². The Morgan fingerprint density at radius 1 is 1.33 bits per heavy atom. The monoisotopic (exact) mass is 370 g/mol. The lowest BCUT2D eigenvalue weighted by Gasteiger charge is -2.35. The standard InChI is InChI=1S/C22H27FN2O2/c1-15-11-16(12-17-7-4-5-9-19(17)23)13-20(24-15)18-8-6-10-25(14-18)21(26)22(2,3)27/h4-5,7,9,11,13,18,27H,6,8,10,12,14H2,1-3H3. The van der Waals surface area contributed by atoms with Crippen molar-refractivity contribution < 1.29 is 14.3 Å². The topological polar surface area (TPSA) is 53.4 Å². The molecule has 1 aliphatic heterocycles. The number of benzene rings is 1. The van der Waals surface area contributed by atoms with Gasteiger partial charge >= 0.3 is 0 Å². The maximum absolute atomic E-state index is 14.0. The average Bonchev–Trinajstić information content (AvgIpc) is 2.62. The zero-order valence-corrected chi connectivity index (χ0v) is 16.2. The Morgan fingerprint density at radius 2 is 2.07 bits per heavy atom. The molecule has 1 aromatic heterocycles. The van der Waals surface area contributed by atoms with Crippen molar-refractivity contribution in [1.82, 2.24) is 9.88 Å². The van der Waals surface area contributed by atoms with Crippen molar-refractivity contribution in [2.24, 2.45) is 0 Å². The van der Waals surface area contributed by atoms with E-state index in [1.165, 1.54) is 19.9 Å². The molecule has 1 atom stereocenters. The quantitative estimate of drug-likeness (QED) is 0.895. The summed E-state index contributed by atoms with van der Waals surface area (Å²) < 4.78 is 14.0. The van der Waals surface area contributed by atoms with E-state index >= 15 is 0 Å². The third-order valence-corrected chi connectivity index (χ3v) is 5.04. The summed E-state index contributed by atoms with van der Waals surface area (Å²) in [5, 5.41) is 10.0. The van der Waals surface area contributed by atoms with Gasteiger partial charge in [0.25, 0.3) is 5.91 Å². The van der Waals surface area contributed by atoms with E-state index < -0.39 is 5.60 Å². The number of carbonyl (C=O) groups excluding carboxylic acids is 1. The maximum atomic E-state index is 14.0. The number of aryl methyl sites for hydroxylation is 1. The lowest BCUT2D eigenvalue weighted by Crippen LogP contribution is -2.48. The Balaban J connectivity index is 1.81. The van der Waals surface area contributed by atoms with Crippen molar-refractivity contribution >= 4 is 5.91 Å². The van der Waals surface area contributed by atoms with E-state index in [0.29, 0.717) is 25.1 Å². The van der Waals surface area contributed by atoms with Crippen molar-refractivity contribution in [3.63, 3.8) is 0 Å². The lowest BCUT2D eigenvalue weighted by molar-refractivity contribution is -0.149. The van der Waals surface area contributed by atoms with Crippen LogP contribution >= 0.6 is 0 Å². The van der Waals surface area contributed by atoms with Gasteiger partial charge in [0, 0.05) is 36.8 Å². The summed E-state index contributed by atoms with van der Waals surface area (Å²) in [6.45, 7) is 6.20. The average molecular weight is 370 g/mol. The van der Waals surface area contributed by atoms with Crippen LogP contribution in [0, 0.1) is 12.7 Å². The van der Waals surface area contributed by atoms with Crippen LogP contribution in [0.2, 0.25) is 0 Å². The van der Waals surface area contributed by atoms with Crippen LogP contribution in [0.15, 0.2) is 36.4 Å². The molecule has 1 fully saturated rings. The number of piperidine rings is 1. The number of rotatable bonds is 4. The molecule has 27 heavy (non-hydrogen) atoms. The van der Waals surface area contributed by atoms with Crippen LogP contribution in [0.25, 0.3) is 0 Å². The molecule has 2 heterocycles. The molecule has 1 saturated heterocycles. The van der Waals surface area contributed by atoms with Gasteiger partial charge in [0.05, 0.1) is 0 Å². The smallest absolute Gasteiger partial charge is 0.253 e. The molecule has 5 heteroatoms. The predicted octanol–water partition coefficient (Wildman–Crippen LogP) is 3.60. The van der Waals surface area contributed by atoms with Gasteiger partial charge in [-0.1, -0.05) is 18.2 Å². The number of hydrogen-bond acceptors (Lipinski definition) is 3. The highest BCUT2D eigenvalue weighted by molar-refractivity contribution is 5.84. The van der Waals surface area contributed by atoms with Gasteiger partial charge in [-0.2, -0.15) is 0 Å². The van der Waals surface area contributed by atoms with E-state index in [0.717, 1.165) is 29.8 Å². The van der Waals surface area contributed by atoms with Crippen molar-refractivity contribution in [3.8, 4) is 0 Å². The van der Waals surface area contributed by atoms with Gasteiger partial charge in [0.1, 0.15) is 11.4 Å². The number of amides is 1. The van der Waals surface area contributed by atoms with Gasteiger partial charge in [-0.25, -0.2) is 4.39 Å². The van der Waals surface area contributed by atoms with Crippen molar-refractivity contribution in [1.29, 1.82) is 0 Å². The van der Waals surface area contributed by atoms with Crippen LogP contribution in [-0.4, -0.2) is 39.6 Å². The highest BCUT2D eigenvalue weighted by Gasteiger charge is 2.33. The lowest BCUT2D eigenvalue weighted by atomic mass is 9.91. The first kappa shape index (κ1) is 19.5. The summed E-state index contributed by atoms with van der Waals surface area (Å²) >= 11 is 0. The molecule has 3 rings (SSSR count). The van der Waals surface area contributed by atoms with Crippen LogP contribution < -0.4 is 0 Å². The van der Waals surface area contributed by atoms with Crippen molar-refractivity contribution in [3.05, 3.63) is 64.7 Å². The van der Waals surface area contributed by atoms with Gasteiger partial charge in [0.15, 0.2) is 0 Å². The largest absolute Gasteiger partial charge is 0.381 e. The number of aromatic nitrogens is 1. The number of nitrogens with zero attached hydrogens (tertiary/aromatic N) is 2. The molecule has 1 unspecified atom stereocenters. The molecule has 1 N–H and O–H groups in total. The highest BCUT2D eigenvalue weighted by atomic mass is 19.1. The summed E-state index contributed by atoms with van der Waals surface area (Å²) in [6, 6.07) is 10.8. The highest BCUT2D eigenvalue weighted by Crippen LogP contribution is 2.28. The van der Waals surface area contributed by atoms with Crippen LogP contribution in [0.3, 0.4) is 0 Å². The third kappa shape index (κ3) is 4.72. The van der Waals surface area contributed by atoms with Crippen LogP contribution in [-0.2, 0) is 11.2 Å². The first-order chi connectivity index (χ1) is 12.7. The fraction of sp³-hybridized carbons (Fsp3) is 0.455. The van der Waals surface area contributed by atoms with Crippen LogP contribution in [0.4, 0.5) is 4.39 Å².